The first-order valence-electron chi connectivity index (χ1n) is 8.60. The molecular formula is C16H33IN4O2. The maximum Gasteiger partial charge on any atom is 0.409 e. The molecule has 1 heterocycles. The van der Waals surface area contributed by atoms with E-state index in [0.29, 0.717) is 12.6 Å². The molecule has 0 bridgehead atoms. The van der Waals surface area contributed by atoms with Gasteiger partial charge in [-0.25, -0.2) is 4.79 Å². The van der Waals surface area contributed by atoms with Crippen molar-refractivity contribution < 1.29 is 9.53 Å². The van der Waals surface area contributed by atoms with Crippen LogP contribution in [0.3, 0.4) is 0 Å². The first-order valence-corrected chi connectivity index (χ1v) is 8.60. The SMILES string of the molecule is CCCCCCNC(=NC)NC1CCN(C(=O)OCC)CC1.I. The highest BCUT2D eigenvalue weighted by molar-refractivity contribution is 14.0. The lowest BCUT2D eigenvalue weighted by Crippen LogP contribution is -2.50. The molecule has 1 amide bonds. The zero-order valence-electron chi connectivity index (χ0n) is 14.8. The van der Waals surface area contributed by atoms with E-state index in [2.05, 4.69) is 22.5 Å². The van der Waals surface area contributed by atoms with E-state index in [1.807, 2.05) is 6.92 Å². The van der Waals surface area contributed by atoms with Gasteiger partial charge in [-0.3, -0.25) is 4.99 Å². The summed E-state index contributed by atoms with van der Waals surface area (Å²) in [7, 11) is 1.80. The lowest BCUT2D eigenvalue weighted by Gasteiger charge is -2.32. The Bertz CT molecular complexity index is 345. The molecule has 6 nitrogen and oxygen atoms in total. The number of ether oxygens (including phenoxy) is 1. The minimum absolute atomic E-state index is 0. The monoisotopic (exact) mass is 440 g/mol. The van der Waals surface area contributed by atoms with Gasteiger partial charge < -0.3 is 20.3 Å². The van der Waals surface area contributed by atoms with Gasteiger partial charge in [0, 0.05) is 32.7 Å². The Kier molecular flexibility index (Phi) is 13.3. The highest BCUT2D eigenvalue weighted by Crippen LogP contribution is 2.11. The summed E-state index contributed by atoms with van der Waals surface area (Å²) in [5.41, 5.74) is 0. The Labute approximate surface area is 157 Å². The van der Waals surface area contributed by atoms with Crippen LogP contribution in [0, 0.1) is 0 Å². The zero-order chi connectivity index (χ0) is 16.2. The van der Waals surface area contributed by atoms with Gasteiger partial charge in [-0.05, 0) is 26.2 Å². The number of amides is 1. The number of guanidine groups is 1. The van der Waals surface area contributed by atoms with Crippen LogP contribution in [0.1, 0.15) is 52.4 Å². The van der Waals surface area contributed by atoms with Gasteiger partial charge in [0.2, 0.25) is 0 Å². The number of unbranched alkanes of at least 4 members (excludes halogenated alkanes) is 3. The molecule has 0 radical (unpaired) electrons. The number of hydrogen-bond acceptors (Lipinski definition) is 3. The molecule has 7 heteroatoms. The molecular weight excluding hydrogens is 407 g/mol. The Morgan fingerprint density at radius 3 is 2.48 bits per heavy atom. The van der Waals surface area contributed by atoms with Gasteiger partial charge in [0.1, 0.15) is 0 Å². The van der Waals surface area contributed by atoms with Crippen molar-refractivity contribution >= 4 is 36.0 Å². The fourth-order valence-corrected chi connectivity index (χ4v) is 2.57. The molecule has 1 aliphatic heterocycles. The van der Waals surface area contributed by atoms with Crippen molar-refractivity contribution in [1.82, 2.24) is 15.5 Å². The van der Waals surface area contributed by atoms with Crippen LogP contribution in [0.2, 0.25) is 0 Å². The summed E-state index contributed by atoms with van der Waals surface area (Å²) in [5, 5.41) is 6.81. The van der Waals surface area contributed by atoms with E-state index >= 15 is 0 Å². The summed E-state index contributed by atoms with van der Waals surface area (Å²) < 4.78 is 5.03. The third kappa shape index (κ3) is 9.22. The molecule has 0 spiro atoms. The number of carbonyl (C=O) groups excluding carboxylic acids is 1. The first kappa shape index (κ1) is 22.3. The second-order valence-electron chi connectivity index (χ2n) is 5.66. The normalized spacial score (nSPS) is 15.8. The number of aliphatic imine (C=N–C) groups is 1. The van der Waals surface area contributed by atoms with Crippen LogP contribution < -0.4 is 10.6 Å². The molecule has 0 aromatic rings. The number of nitrogens with one attached hydrogen (secondary N) is 2. The minimum atomic E-state index is -0.195. The number of rotatable bonds is 7. The van der Waals surface area contributed by atoms with Gasteiger partial charge in [0.25, 0.3) is 0 Å². The smallest absolute Gasteiger partial charge is 0.409 e. The summed E-state index contributed by atoms with van der Waals surface area (Å²) in [4.78, 5) is 17.7. The molecule has 1 fully saturated rings. The average Bonchev–Trinajstić information content (AvgIpc) is 2.54. The molecule has 0 atom stereocenters. The maximum absolute atomic E-state index is 11.7. The predicted octanol–water partition coefficient (Wildman–Crippen LogP) is 2.97. The Hall–Kier alpha value is -0.730. The average molecular weight is 440 g/mol. The Morgan fingerprint density at radius 2 is 1.91 bits per heavy atom. The van der Waals surface area contributed by atoms with E-state index in [1.165, 1.54) is 25.7 Å². The molecule has 0 saturated carbocycles. The fourth-order valence-electron chi connectivity index (χ4n) is 2.57. The zero-order valence-corrected chi connectivity index (χ0v) is 17.1. The van der Waals surface area contributed by atoms with Crippen molar-refractivity contribution in [3.05, 3.63) is 0 Å². The van der Waals surface area contributed by atoms with Gasteiger partial charge in [-0.2, -0.15) is 0 Å². The molecule has 0 unspecified atom stereocenters. The van der Waals surface area contributed by atoms with Gasteiger partial charge in [-0.1, -0.05) is 26.2 Å². The Morgan fingerprint density at radius 1 is 1.22 bits per heavy atom. The third-order valence-electron chi connectivity index (χ3n) is 3.91. The van der Waals surface area contributed by atoms with Gasteiger partial charge >= 0.3 is 6.09 Å². The lowest BCUT2D eigenvalue weighted by molar-refractivity contribution is 0.0963. The largest absolute Gasteiger partial charge is 0.450 e. The summed E-state index contributed by atoms with van der Waals surface area (Å²) in [6.45, 7) is 6.93. The molecule has 136 valence electrons. The van der Waals surface area contributed by atoms with Crippen LogP contribution in [0.25, 0.3) is 0 Å². The number of carbonyl (C=O) groups is 1. The fraction of sp³-hybridized carbons (Fsp3) is 0.875. The van der Waals surface area contributed by atoms with Crippen molar-refractivity contribution in [2.24, 2.45) is 4.99 Å². The molecule has 1 aliphatic rings. The molecule has 1 rings (SSSR count). The van der Waals surface area contributed by atoms with E-state index in [1.54, 1.807) is 11.9 Å². The lowest BCUT2D eigenvalue weighted by atomic mass is 10.1. The number of likely N-dealkylation sites (tertiary alicyclic amines) is 1. The highest BCUT2D eigenvalue weighted by Gasteiger charge is 2.23. The molecule has 23 heavy (non-hydrogen) atoms. The van der Waals surface area contributed by atoms with E-state index in [9.17, 15) is 4.79 Å². The van der Waals surface area contributed by atoms with Crippen LogP contribution >= 0.6 is 24.0 Å². The van der Waals surface area contributed by atoms with E-state index in [4.69, 9.17) is 4.74 Å². The standard InChI is InChI=1S/C16H32N4O2.HI/c1-4-6-7-8-11-18-15(17-3)19-14-9-12-20(13-10-14)16(21)22-5-2;/h14H,4-13H2,1-3H3,(H2,17,18,19);1H. The van der Waals surface area contributed by atoms with Crippen molar-refractivity contribution in [3.8, 4) is 0 Å². The third-order valence-corrected chi connectivity index (χ3v) is 3.91. The van der Waals surface area contributed by atoms with E-state index in [-0.39, 0.29) is 30.1 Å². The minimum Gasteiger partial charge on any atom is -0.450 e. The van der Waals surface area contributed by atoms with Crippen LogP contribution in [0.4, 0.5) is 4.79 Å². The summed E-state index contributed by atoms with van der Waals surface area (Å²) in [5.74, 6) is 0.867. The maximum atomic E-state index is 11.7. The number of piperidine rings is 1. The van der Waals surface area contributed by atoms with E-state index in [0.717, 1.165) is 38.4 Å². The van der Waals surface area contributed by atoms with Crippen molar-refractivity contribution in [1.29, 1.82) is 0 Å². The van der Waals surface area contributed by atoms with Gasteiger partial charge in [0.05, 0.1) is 6.61 Å². The Balaban J connectivity index is 0.00000484. The van der Waals surface area contributed by atoms with Crippen molar-refractivity contribution in [3.63, 3.8) is 0 Å². The van der Waals surface area contributed by atoms with Crippen LogP contribution in [0.15, 0.2) is 4.99 Å². The van der Waals surface area contributed by atoms with Crippen LogP contribution in [-0.2, 0) is 4.74 Å². The molecule has 2 N–H and O–H groups in total. The summed E-state index contributed by atoms with van der Waals surface area (Å²) >= 11 is 0. The van der Waals surface area contributed by atoms with Crippen LogP contribution in [-0.4, -0.2) is 56.3 Å². The molecule has 1 saturated heterocycles. The molecule has 0 aromatic carbocycles. The summed E-state index contributed by atoms with van der Waals surface area (Å²) in [6.07, 6.45) is 6.64. The second kappa shape index (κ2) is 13.7. The van der Waals surface area contributed by atoms with Crippen LogP contribution in [0.5, 0.6) is 0 Å². The number of hydrogen-bond donors (Lipinski definition) is 2. The predicted molar refractivity (Wildman–Crippen MR) is 106 cm³/mol. The molecule has 0 aromatic heterocycles. The van der Waals surface area contributed by atoms with Crippen molar-refractivity contribution in [2.45, 2.75) is 58.4 Å². The molecule has 0 aliphatic carbocycles. The number of halogens is 1. The quantitative estimate of drug-likeness (QED) is 0.277. The number of nitrogens with zero attached hydrogens (tertiary/aromatic N) is 2. The van der Waals surface area contributed by atoms with Gasteiger partial charge in [0.15, 0.2) is 5.96 Å². The summed E-state index contributed by atoms with van der Waals surface area (Å²) in [6, 6.07) is 0.368. The van der Waals surface area contributed by atoms with E-state index < -0.39 is 0 Å². The van der Waals surface area contributed by atoms with Crippen molar-refractivity contribution in [2.75, 3.05) is 33.3 Å². The topological polar surface area (TPSA) is 66.0 Å². The first-order chi connectivity index (χ1) is 10.7. The highest BCUT2D eigenvalue weighted by atomic mass is 127. The van der Waals surface area contributed by atoms with Gasteiger partial charge in [-0.15, -0.1) is 24.0 Å². The second-order valence-corrected chi connectivity index (χ2v) is 5.66.